The fourth-order valence-corrected chi connectivity index (χ4v) is 4.40. The third kappa shape index (κ3) is 7.46. The molecule has 0 aliphatic rings. The first kappa shape index (κ1) is 25.5. The van der Waals surface area contributed by atoms with Crippen LogP contribution >= 0.6 is 0 Å². The molecular weight excluding hydrogens is 449 g/mol. The summed E-state index contributed by atoms with van der Waals surface area (Å²) in [4.78, 5) is 10.4. The lowest BCUT2D eigenvalue weighted by atomic mass is 9.86. The van der Waals surface area contributed by atoms with Crippen molar-refractivity contribution in [2.24, 2.45) is 0 Å². The first-order valence-electron chi connectivity index (χ1n) is 12.6. The summed E-state index contributed by atoms with van der Waals surface area (Å²) in [6.45, 7) is 5.85. The highest BCUT2D eigenvalue weighted by Crippen LogP contribution is 2.30. The molecule has 36 heavy (non-hydrogen) atoms. The minimum atomic E-state index is -0.355. The summed E-state index contributed by atoms with van der Waals surface area (Å²) in [5.74, 6) is 1.01. The molecule has 4 rings (SSSR count). The maximum atomic E-state index is 13.4. The molecule has 1 heterocycles. The molecule has 0 spiro atoms. The van der Waals surface area contributed by atoms with Crippen molar-refractivity contribution in [1.29, 1.82) is 0 Å². The fourth-order valence-electron chi connectivity index (χ4n) is 4.40. The van der Waals surface area contributed by atoms with E-state index in [0.717, 1.165) is 24.9 Å². The number of alkyl halides is 1. The zero-order chi connectivity index (χ0) is 25.2. The number of benzene rings is 3. The van der Waals surface area contributed by atoms with E-state index in [9.17, 15) is 4.39 Å². The molecule has 0 amide bonds. The highest BCUT2D eigenvalue weighted by Gasteiger charge is 2.15. The summed E-state index contributed by atoms with van der Waals surface area (Å²) in [7, 11) is 0. The van der Waals surface area contributed by atoms with Gasteiger partial charge in [0.15, 0.2) is 0 Å². The third-order valence-corrected chi connectivity index (χ3v) is 6.41. The predicted octanol–water partition coefficient (Wildman–Crippen LogP) is 7.27. The maximum Gasteiger partial charge on any atom is 0.321 e. The summed E-state index contributed by atoms with van der Waals surface area (Å²) in [6, 6.07) is 27.6. The van der Waals surface area contributed by atoms with Crippen LogP contribution in [0, 0.1) is 13.8 Å². The van der Waals surface area contributed by atoms with Gasteiger partial charge in [-0.2, -0.15) is 0 Å². The molecular formula is C31H34FN3O. The Morgan fingerprint density at radius 2 is 1.36 bits per heavy atom. The first-order valence-corrected chi connectivity index (χ1v) is 12.6. The lowest BCUT2D eigenvalue weighted by Crippen LogP contribution is -2.27. The molecule has 0 fully saturated rings. The predicted molar refractivity (Wildman–Crippen MR) is 143 cm³/mol. The smallest absolute Gasteiger partial charge is 0.321 e. The quantitative estimate of drug-likeness (QED) is 0.212. The summed E-state index contributed by atoms with van der Waals surface area (Å²) in [6.07, 6.45) is 5.29. The molecule has 0 atom stereocenters. The van der Waals surface area contributed by atoms with Crippen molar-refractivity contribution in [3.63, 3.8) is 0 Å². The Balaban J connectivity index is 1.37. The van der Waals surface area contributed by atoms with Crippen LogP contribution in [-0.4, -0.2) is 34.6 Å². The van der Waals surface area contributed by atoms with E-state index in [2.05, 4.69) is 77.2 Å². The SMILES string of the molecule is Cc1ccc(C(CCCN(CCF)Cc2ccc(Oc3ncccn3)cc2)c2ccc(C)cc2)cc1. The second kappa shape index (κ2) is 12.9. The van der Waals surface area contributed by atoms with Gasteiger partial charge in [-0.05, 0) is 68.1 Å². The van der Waals surface area contributed by atoms with Gasteiger partial charge < -0.3 is 4.74 Å². The number of nitrogens with zero attached hydrogens (tertiary/aromatic N) is 3. The van der Waals surface area contributed by atoms with Crippen molar-refractivity contribution in [3.05, 3.63) is 119 Å². The van der Waals surface area contributed by atoms with Crippen molar-refractivity contribution >= 4 is 0 Å². The Bertz CT molecular complexity index is 1130. The van der Waals surface area contributed by atoms with Crippen LogP contribution in [0.4, 0.5) is 4.39 Å². The van der Waals surface area contributed by atoms with Gasteiger partial charge in [0.05, 0.1) is 0 Å². The van der Waals surface area contributed by atoms with Crippen molar-refractivity contribution in [1.82, 2.24) is 14.9 Å². The second-order valence-corrected chi connectivity index (χ2v) is 9.26. The van der Waals surface area contributed by atoms with E-state index in [1.54, 1.807) is 18.5 Å². The number of aromatic nitrogens is 2. The van der Waals surface area contributed by atoms with Crippen LogP contribution in [0.1, 0.15) is 46.6 Å². The van der Waals surface area contributed by atoms with E-state index in [1.165, 1.54) is 22.3 Å². The van der Waals surface area contributed by atoms with E-state index in [-0.39, 0.29) is 6.67 Å². The van der Waals surface area contributed by atoms with Gasteiger partial charge in [0.2, 0.25) is 0 Å². The van der Waals surface area contributed by atoms with Crippen molar-refractivity contribution in [2.45, 2.75) is 39.2 Å². The Hall–Kier alpha value is -3.57. The summed E-state index contributed by atoms with van der Waals surface area (Å²) in [5.41, 5.74) is 6.32. The molecule has 0 N–H and O–H groups in total. The van der Waals surface area contributed by atoms with Gasteiger partial charge in [-0.3, -0.25) is 4.90 Å². The second-order valence-electron chi connectivity index (χ2n) is 9.26. The van der Waals surface area contributed by atoms with Gasteiger partial charge in [0.25, 0.3) is 0 Å². The number of rotatable bonds is 12. The summed E-state index contributed by atoms with van der Waals surface area (Å²) >= 11 is 0. The van der Waals surface area contributed by atoms with Crippen molar-refractivity contribution in [2.75, 3.05) is 19.8 Å². The minimum Gasteiger partial charge on any atom is -0.424 e. The fraction of sp³-hybridized carbons (Fsp3) is 0.290. The van der Waals surface area contributed by atoms with Crippen molar-refractivity contribution < 1.29 is 9.13 Å². The Labute approximate surface area is 213 Å². The highest BCUT2D eigenvalue weighted by molar-refractivity contribution is 5.35. The maximum absolute atomic E-state index is 13.4. The number of aryl methyl sites for hydroxylation is 2. The van der Waals surface area contributed by atoms with Gasteiger partial charge in [-0.1, -0.05) is 71.8 Å². The third-order valence-electron chi connectivity index (χ3n) is 6.41. The molecule has 186 valence electrons. The molecule has 1 aromatic heterocycles. The van der Waals surface area contributed by atoms with E-state index in [1.807, 2.05) is 24.3 Å². The largest absolute Gasteiger partial charge is 0.424 e. The number of ether oxygens (including phenoxy) is 1. The minimum absolute atomic E-state index is 0.320. The molecule has 0 saturated carbocycles. The molecule has 0 saturated heterocycles. The van der Waals surface area contributed by atoms with Crippen LogP contribution in [0.25, 0.3) is 0 Å². The Kier molecular flexibility index (Phi) is 9.17. The highest BCUT2D eigenvalue weighted by atomic mass is 19.1. The van der Waals surface area contributed by atoms with Crippen LogP contribution in [0.15, 0.2) is 91.3 Å². The monoisotopic (exact) mass is 483 g/mol. The molecule has 0 unspecified atom stereocenters. The number of halogens is 1. The standard InChI is InChI=1S/C31H34FN3O/c1-24-6-12-27(13-7-24)30(28-14-8-25(2)9-15-28)5-3-21-35(22-18-32)23-26-10-16-29(17-11-26)36-31-33-19-4-20-34-31/h4,6-17,19-20,30H,3,5,18,21-23H2,1-2H3. The van der Waals surface area contributed by atoms with Crippen molar-refractivity contribution in [3.8, 4) is 11.8 Å². The van der Waals surface area contributed by atoms with Gasteiger partial charge >= 0.3 is 6.01 Å². The van der Waals surface area contributed by atoms with Gasteiger partial charge in [-0.25, -0.2) is 14.4 Å². The lowest BCUT2D eigenvalue weighted by molar-refractivity contribution is 0.234. The van der Waals surface area contributed by atoms with Crippen LogP contribution < -0.4 is 4.74 Å². The van der Waals surface area contributed by atoms with Gasteiger partial charge in [0.1, 0.15) is 12.4 Å². The average Bonchev–Trinajstić information content (AvgIpc) is 2.90. The zero-order valence-electron chi connectivity index (χ0n) is 21.1. The molecule has 0 aliphatic carbocycles. The summed E-state index contributed by atoms with van der Waals surface area (Å²) in [5, 5.41) is 0. The van der Waals surface area contributed by atoms with E-state index >= 15 is 0 Å². The Morgan fingerprint density at radius 1 is 0.778 bits per heavy atom. The van der Waals surface area contributed by atoms with Crippen LogP contribution in [0.5, 0.6) is 11.8 Å². The topological polar surface area (TPSA) is 38.2 Å². The molecule has 5 heteroatoms. The van der Waals surface area contributed by atoms with Crippen LogP contribution in [0.3, 0.4) is 0 Å². The van der Waals surface area contributed by atoms with Crippen LogP contribution in [0.2, 0.25) is 0 Å². The summed E-state index contributed by atoms with van der Waals surface area (Å²) < 4.78 is 19.0. The average molecular weight is 484 g/mol. The molecule has 0 aliphatic heterocycles. The van der Waals surface area contributed by atoms with Gasteiger partial charge in [0, 0.05) is 31.4 Å². The molecule has 4 aromatic rings. The van der Waals surface area contributed by atoms with E-state index in [0.29, 0.717) is 30.8 Å². The normalized spacial score (nSPS) is 11.2. The Morgan fingerprint density at radius 3 is 1.92 bits per heavy atom. The molecule has 3 aromatic carbocycles. The van der Waals surface area contributed by atoms with E-state index < -0.39 is 0 Å². The molecule has 4 nitrogen and oxygen atoms in total. The molecule has 0 radical (unpaired) electrons. The number of hydrogen-bond acceptors (Lipinski definition) is 4. The lowest BCUT2D eigenvalue weighted by Gasteiger charge is -2.24. The molecule has 0 bridgehead atoms. The van der Waals surface area contributed by atoms with Crippen LogP contribution in [-0.2, 0) is 6.54 Å². The zero-order valence-corrected chi connectivity index (χ0v) is 21.1. The van der Waals surface area contributed by atoms with Gasteiger partial charge in [-0.15, -0.1) is 0 Å². The number of hydrogen-bond donors (Lipinski definition) is 0. The first-order chi connectivity index (χ1) is 17.6. The van der Waals surface area contributed by atoms with E-state index in [4.69, 9.17) is 4.74 Å².